The van der Waals surface area contributed by atoms with E-state index in [1.165, 1.54) is 18.2 Å². The van der Waals surface area contributed by atoms with Crippen molar-refractivity contribution in [3.63, 3.8) is 0 Å². The lowest BCUT2D eigenvalue weighted by Gasteiger charge is -2.31. The molecule has 0 fully saturated rings. The van der Waals surface area contributed by atoms with Crippen LogP contribution in [0, 0.1) is 5.41 Å². The van der Waals surface area contributed by atoms with Gasteiger partial charge >= 0.3 is 6.18 Å². The second kappa shape index (κ2) is 5.69. The predicted molar refractivity (Wildman–Crippen MR) is 71.0 cm³/mol. The quantitative estimate of drug-likeness (QED) is 0.660. The third kappa shape index (κ3) is 4.31. The van der Waals surface area contributed by atoms with Crippen molar-refractivity contribution < 1.29 is 13.2 Å². The molecule has 1 rings (SSSR count). The van der Waals surface area contributed by atoms with Gasteiger partial charge in [0.25, 0.3) is 0 Å². The van der Waals surface area contributed by atoms with E-state index in [2.05, 4.69) is 0 Å². The summed E-state index contributed by atoms with van der Waals surface area (Å²) < 4.78 is 37.9. The van der Waals surface area contributed by atoms with Gasteiger partial charge in [0.05, 0.1) is 0 Å². The summed E-state index contributed by atoms with van der Waals surface area (Å²) in [5.74, 6) is -0.292. The van der Waals surface area contributed by atoms with Crippen molar-refractivity contribution in [2.75, 3.05) is 11.4 Å². The monoisotopic (exact) mass is 293 g/mol. The third-order valence-electron chi connectivity index (χ3n) is 2.53. The van der Waals surface area contributed by atoms with Gasteiger partial charge in [0.2, 0.25) is 0 Å². The van der Waals surface area contributed by atoms with Gasteiger partial charge in [0.1, 0.15) is 12.4 Å². The van der Waals surface area contributed by atoms with Crippen LogP contribution in [0.1, 0.15) is 19.4 Å². The Bertz CT molecular complexity index is 472. The number of nitrogen functional groups attached to an aromatic ring is 1. The van der Waals surface area contributed by atoms with Crippen molar-refractivity contribution in [1.82, 2.24) is 0 Å². The first-order chi connectivity index (χ1) is 8.61. The number of hydrogen-bond acceptors (Lipinski definition) is 2. The molecular formula is C12H15ClF3N3. The Hall–Kier alpha value is -1.43. The maximum atomic E-state index is 12.6. The van der Waals surface area contributed by atoms with Crippen LogP contribution in [0.25, 0.3) is 0 Å². The fourth-order valence-corrected chi connectivity index (χ4v) is 1.88. The highest BCUT2D eigenvalue weighted by Crippen LogP contribution is 2.29. The Labute approximate surface area is 114 Å². The highest BCUT2D eigenvalue weighted by atomic mass is 35.5. The summed E-state index contributed by atoms with van der Waals surface area (Å²) in [6, 6.07) is 3.93. The molecule has 0 spiro atoms. The summed E-state index contributed by atoms with van der Waals surface area (Å²) >= 11 is 5.82. The molecule has 106 valence electrons. The highest BCUT2D eigenvalue weighted by molar-refractivity contribution is 6.31. The number of amidine groups is 1. The fourth-order valence-electron chi connectivity index (χ4n) is 1.71. The molecule has 1 aromatic rings. The summed E-state index contributed by atoms with van der Waals surface area (Å²) in [4.78, 5) is 1.13. The highest BCUT2D eigenvalue weighted by Gasteiger charge is 2.33. The Morgan fingerprint density at radius 2 is 2.00 bits per heavy atom. The molecule has 3 nitrogen and oxygen atoms in total. The zero-order valence-corrected chi connectivity index (χ0v) is 11.3. The minimum Gasteiger partial charge on any atom is -0.384 e. The lowest BCUT2D eigenvalue weighted by Crippen LogP contribution is -2.40. The van der Waals surface area contributed by atoms with E-state index in [1.54, 1.807) is 13.8 Å². The van der Waals surface area contributed by atoms with Gasteiger partial charge in [-0.3, -0.25) is 5.41 Å². The molecule has 0 aliphatic heterocycles. The number of halogens is 4. The van der Waals surface area contributed by atoms with Crippen molar-refractivity contribution in [2.24, 2.45) is 5.73 Å². The number of nitrogens with zero attached hydrogens (tertiary/aromatic N) is 1. The molecule has 0 amide bonds. The zero-order chi connectivity index (χ0) is 14.8. The van der Waals surface area contributed by atoms with E-state index in [1.807, 2.05) is 0 Å². The second-order valence-electron chi connectivity index (χ2n) is 4.41. The molecule has 19 heavy (non-hydrogen) atoms. The number of alkyl halides is 3. The molecule has 0 unspecified atom stereocenters. The van der Waals surface area contributed by atoms with Gasteiger partial charge in [0, 0.05) is 22.3 Å². The van der Waals surface area contributed by atoms with E-state index in [0.717, 1.165) is 4.90 Å². The minimum atomic E-state index is -4.35. The first-order valence-electron chi connectivity index (χ1n) is 5.59. The summed E-state index contributed by atoms with van der Waals surface area (Å²) in [5.41, 5.74) is 5.85. The Kier molecular flexibility index (Phi) is 4.68. The first kappa shape index (κ1) is 15.6. The van der Waals surface area contributed by atoms with Gasteiger partial charge < -0.3 is 10.6 Å². The van der Waals surface area contributed by atoms with Crippen LogP contribution in [0.2, 0.25) is 5.02 Å². The zero-order valence-electron chi connectivity index (χ0n) is 10.6. The minimum absolute atomic E-state index is 0.215. The number of benzene rings is 1. The molecule has 1 aromatic carbocycles. The number of anilines is 1. The molecule has 0 radical (unpaired) electrons. The number of nitrogens with two attached hydrogens (primary N) is 1. The SMILES string of the molecule is CC(C)N(CC(F)(F)F)c1cc(Cl)ccc1C(=N)N. The average Bonchev–Trinajstić information content (AvgIpc) is 2.23. The number of hydrogen-bond donors (Lipinski definition) is 2. The van der Waals surface area contributed by atoms with Gasteiger partial charge in [-0.1, -0.05) is 11.6 Å². The first-order valence-corrected chi connectivity index (χ1v) is 5.97. The van der Waals surface area contributed by atoms with Crippen LogP contribution in [0.5, 0.6) is 0 Å². The van der Waals surface area contributed by atoms with Crippen molar-refractivity contribution >= 4 is 23.1 Å². The molecular weight excluding hydrogens is 279 g/mol. The number of rotatable bonds is 4. The normalized spacial score (nSPS) is 11.7. The lowest BCUT2D eigenvalue weighted by atomic mass is 10.1. The molecule has 0 bridgehead atoms. The molecule has 0 aromatic heterocycles. The van der Waals surface area contributed by atoms with Crippen molar-refractivity contribution in [1.29, 1.82) is 5.41 Å². The maximum Gasteiger partial charge on any atom is 0.405 e. The second-order valence-corrected chi connectivity index (χ2v) is 4.85. The van der Waals surface area contributed by atoms with Gasteiger partial charge in [-0.25, -0.2) is 0 Å². The maximum absolute atomic E-state index is 12.6. The standard InChI is InChI=1S/C12H15ClF3N3/c1-7(2)19(6-12(14,15)16)10-5-8(13)3-4-9(10)11(17)18/h3-5,7H,6H2,1-2H3,(H3,17,18). The topological polar surface area (TPSA) is 53.1 Å². The van der Waals surface area contributed by atoms with Gasteiger partial charge in [-0.2, -0.15) is 13.2 Å². The Morgan fingerprint density at radius 1 is 1.42 bits per heavy atom. The summed E-state index contributed by atoms with van der Waals surface area (Å²) in [6.45, 7) is 2.15. The molecule has 0 aliphatic carbocycles. The fraction of sp³-hybridized carbons (Fsp3) is 0.417. The van der Waals surface area contributed by atoms with Gasteiger partial charge in [0.15, 0.2) is 0 Å². The van der Waals surface area contributed by atoms with Crippen molar-refractivity contribution in [3.05, 3.63) is 28.8 Å². The Morgan fingerprint density at radius 3 is 2.42 bits per heavy atom. The summed E-state index contributed by atoms with van der Waals surface area (Å²) in [5, 5.41) is 7.74. The molecule has 3 N–H and O–H groups in total. The molecule has 7 heteroatoms. The van der Waals surface area contributed by atoms with E-state index in [-0.39, 0.29) is 17.1 Å². The van der Waals surface area contributed by atoms with E-state index >= 15 is 0 Å². The van der Waals surface area contributed by atoms with Crippen molar-refractivity contribution in [3.8, 4) is 0 Å². The lowest BCUT2D eigenvalue weighted by molar-refractivity contribution is -0.120. The van der Waals surface area contributed by atoms with Crippen LogP contribution in [0.15, 0.2) is 18.2 Å². The van der Waals surface area contributed by atoms with E-state index in [9.17, 15) is 13.2 Å². The third-order valence-corrected chi connectivity index (χ3v) is 2.77. The average molecular weight is 294 g/mol. The Balaban J connectivity index is 3.29. The molecule has 0 aliphatic rings. The van der Waals surface area contributed by atoms with Gasteiger partial charge in [-0.05, 0) is 32.0 Å². The van der Waals surface area contributed by atoms with Crippen LogP contribution in [0.4, 0.5) is 18.9 Å². The molecule has 0 saturated heterocycles. The van der Waals surface area contributed by atoms with Gasteiger partial charge in [-0.15, -0.1) is 0 Å². The predicted octanol–water partition coefficient (Wildman–Crippen LogP) is 3.40. The number of nitrogens with one attached hydrogen (secondary N) is 1. The van der Waals surface area contributed by atoms with Crippen LogP contribution >= 0.6 is 11.6 Å². The largest absolute Gasteiger partial charge is 0.405 e. The summed E-state index contributed by atoms with van der Waals surface area (Å²) in [6.07, 6.45) is -4.35. The molecule has 0 saturated carbocycles. The van der Waals surface area contributed by atoms with Crippen LogP contribution in [-0.4, -0.2) is 24.6 Å². The molecule has 0 heterocycles. The van der Waals surface area contributed by atoms with Crippen molar-refractivity contribution in [2.45, 2.75) is 26.1 Å². The van der Waals surface area contributed by atoms with E-state index < -0.39 is 18.8 Å². The van der Waals surface area contributed by atoms with E-state index in [4.69, 9.17) is 22.7 Å². The molecule has 0 atom stereocenters. The van der Waals surface area contributed by atoms with Crippen LogP contribution in [-0.2, 0) is 0 Å². The smallest absolute Gasteiger partial charge is 0.384 e. The van der Waals surface area contributed by atoms with Crippen LogP contribution in [0.3, 0.4) is 0 Å². The van der Waals surface area contributed by atoms with Crippen LogP contribution < -0.4 is 10.6 Å². The summed E-state index contributed by atoms with van der Waals surface area (Å²) in [7, 11) is 0. The van der Waals surface area contributed by atoms with E-state index in [0.29, 0.717) is 5.02 Å².